The lowest BCUT2D eigenvalue weighted by Crippen LogP contribution is -2.48. The summed E-state index contributed by atoms with van der Waals surface area (Å²) in [5, 5.41) is 9.93. The molecule has 0 aliphatic rings. The largest absolute Gasteiger partial charge is 0.503 e. The summed E-state index contributed by atoms with van der Waals surface area (Å²) in [5.74, 6) is 0. The van der Waals surface area contributed by atoms with Crippen LogP contribution in [0, 0.1) is 0 Å². The second kappa shape index (κ2) is 9.99. The van der Waals surface area contributed by atoms with Gasteiger partial charge in [-0.2, -0.15) is 0 Å². The van der Waals surface area contributed by atoms with E-state index < -0.39 is 14.9 Å². The third-order valence-corrected chi connectivity index (χ3v) is 5.48. The van der Waals surface area contributed by atoms with E-state index in [1.165, 1.54) is 0 Å². The van der Waals surface area contributed by atoms with E-state index in [2.05, 4.69) is 0 Å². The van der Waals surface area contributed by atoms with E-state index in [-0.39, 0.29) is 0 Å². The van der Waals surface area contributed by atoms with E-state index in [4.69, 9.17) is 19.0 Å². The molecule has 3 N–H and O–H groups in total. The first-order valence-electron chi connectivity index (χ1n) is 6.44. The van der Waals surface area contributed by atoms with Gasteiger partial charge in [-0.25, -0.2) is 0 Å². The standard InChI is InChI=1S/C11H27NO4Si/c1-4-14-17(15-5-2,16-6-3)10-11(13)8-7-9-12/h11,13H,4-10,12H2,1-3H3. The second-order valence-electron chi connectivity index (χ2n) is 3.77. The Hall–Kier alpha value is 0.0169. The summed E-state index contributed by atoms with van der Waals surface area (Å²) in [7, 11) is -2.70. The van der Waals surface area contributed by atoms with Gasteiger partial charge in [-0.15, -0.1) is 0 Å². The summed E-state index contributed by atoms with van der Waals surface area (Å²) in [6.07, 6.45) is 1.00. The molecule has 0 saturated heterocycles. The van der Waals surface area contributed by atoms with Crippen LogP contribution in [-0.2, 0) is 13.3 Å². The van der Waals surface area contributed by atoms with Crippen molar-refractivity contribution in [2.24, 2.45) is 5.73 Å². The minimum Gasteiger partial charge on any atom is -0.393 e. The predicted octanol–water partition coefficient (Wildman–Crippen LogP) is 1.13. The maximum atomic E-state index is 9.93. The monoisotopic (exact) mass is 265 g/mol. The van der Waals surface area contributed by atoms with Crippen LogP contribution in [0.5, 0.6) is 0 Å². The van der Waals surface area contributed by atoms with Crippen molar-refractivity contribution in [1.82, 2.24) is 0 Å². The van der Waals surface area contributed by atoms with Crippen molar-refractivity contribution in [3.63, 3.8) is 0 Å². The fourth-order valence-electron chi connectivity index (χ4n) is 1.71. The van der Waals surface area contributed by atoms with Crippen LogP contribution in [0.4, 0.5) is 0 Å². The molecule has 0 fully saturated rings. The molecule has 104 valence electrons. The maximum Gasteiger partial charge on any atom is 0.503 e. The van der Waals surface area contributed by atoms with E-state index >= 15 is 0 Å². The maximum absolute atomic E-state index is 9.93. The highest BCUT2D eigenvalue weighted by Crippen LogP contribution is 2.20. The molecule has 0 spiro atoms. The van der Waals surface area contributed by atoms with Crippen molar-refractivity contribution < 1.29 is 18.4 Å². The van der Waals surface area contributed by atoms with Crippen LogP contribution in [0.3, 0.4) is 0 Å². The molecular weight excluding hydrogens is 238 g/mol. The molecule has 0 heterocycles. The molecule has 0 aromatic heterocycles. The third kappa shape index (κ3) is 7.12. The quantitative estimate of drug-likeness (QED) is 0.548. The van der Waals surface area contributed by atoms with Crippen LogP contribution in [0.2, 0.25) is 6.04 Å². The smallest absolute Gasteiger partial charge is 0.393 e. The van der Waals surface area contributed by atoms with Gasteiger partial charge in [0.25, 0.3) is 0 Å². The molecule has 0 radical (unpaired) electrons. The Morgan fingerprint density at radius 1 is 1.06 bits per heavy atom. The van der Waals surface area contributed by atoms with Gasteiger partial charge in [-0.1, -0.05) is 0 Å². The normalized spacial score (nSPS) is 13.9. The van der Waals surface area contributed by atoms with E-state index in [1.54, 1.807) is 0 Å². The van der Waals surface area contributed by atoms with Crippen molar-refractivity contribution in [2.45, 2.75) is 45.8 Å². The van der Waals surface area contributed by atoms with Gasteiger partial charge < -0.3 is 24.1 Å². The van der Waals surface area contributed by atoms with Crippen LogP contribution in [0.25, 0.3) is 0 Å². The van der Waals surface area contributed by atoms with E-state index in [0.717, 1.165) is 6.42 Å². The van der Waals surface area contributed by atoms with Gasteiger partial charge in [0.2, 0.25) is 0 Å². The summed E-state index contributed by atoms with van der Waals surface area (Å²) >= 11 is 0. The average Bonchev–Trinajstić information content (AvgIpc) is 2.27. The highest BCUT2D eigenvalue weighted by atomic mass is 28.4. The molecule has 0 aliphatic heterocycles. The van der Waals surface area contributed by atoms with Gasteiger partial charge in [0.1, 0.15) is 0 Å². The van der Waals surface area contributed by atoms with Crippen LogP contribution in [0.1, 0.15) is 33.6 Å². The van der Waals surface area contributed by atoms with Crippen molar-refractivity contribution in [3.05, 3.63) is 0 Å². The molecule has 0 bridgehead atoms. The minimum atomic E-state index is -2.70. The van der Waals surface area contributed by atoms with Gasteiger partial charge in [-0.05, 0) is 40.2 Å². The zero-order valence-corrected chi connectivity index (χ0v) is 12.3. The van der Waals surface area contributed by atoms with E-state index in [0.29, 0.717) is 38.8 Å². The first kappa shape index (κ1) is 17.0. The number of hydrogen-bond donors (Lipinski definition) is 2. The van der Waals surface area contributed by atoms with Gasteiger partial charge >= 0.3 is 8.80 Å². The van der Waals surface area contributed by atoms with E-state index in [1.807, 2.05) is 20.8 Å². The zero-order valence-electron chi connectivity index (χ0n) is 11.3. The Morgan fingerprint density at radius 3 is 1.88 bits per heavy atom. The average molecular weight is 265 g/mol. The van der Waals surface area contributed by atoms with Gasteiger partial charge in [-0.3, -0.25) is 0 Å². The number of hydrogen-bond acceptors (Lipinski definition) is 5. The van der Waals surface area contributed by atoms with Gasteiger partial charge in [0, 0.05) is 25.9 Å². The Labute approximate surface area is 106 Å². The highest BCUT2D eigenvalue weighted by molar-refractivity contribution is 6.60. The van der Waals surface area contributed by atoms with Crippen LogP contribution >= 0.6 is 0 Å². The number of nitrogens with two attached hydrogens (primary N) is 1. The Balaban J connectivity index is 4.40. The van der Waals surface area contributed by atoms with Crippen LogP contribution in [0.15, 0.2) is 0 Å². The zero-order chi connectivity index (χ0) is 13.1. The fourth-order valence-corrected chi connectivity index (χ4v) is 4.41. The molecule has 0 aromatic rings. The molecule has 0 aromatic carbocycles. The highest BCUT2D eigenvalue weighted by Gasteiger charge is 2.42. The summed E-state index contributed by atoms with van der Waals surface area (Å²) < 4.78 is 17.0. The predicted molar refractivity (Wildman–Crippen MR) is 69.7 cm³/mol. The van der Waals surface area contributed by atoms with Crippen molar-refractivity contribution >= 4 is 8.80 Å². The molecule has 0 aliphatic carbocycles. The first-order valence-corrected chi connectivity index (χ1v) is 8.37. The topological polar surface area (TPSA) is 73.9 Å². The molecule has 17 heavy (non-hydrogen) atoms. The molecule has 1 unspecified atom stereocenters. The molecule has 0 rings (SSSR count). The van der Waals surface area contributed by atoms with Crippen molar-refractivity contribution in [2.75, 3.05) is 26.4 Å². The lowest BCUT2D eigenvalue weighted by Gasteiger charge is -2.30. The molecule has 6 heteroatoms. The summed E-state index contributed by atoms with van der Waals surface area (Å²) in [5.41, 5.74) is 5.42. The summed E-state index contributed by atoms with van der Waals surface area (Å²) in [6, 6.07) is 0.447. The van der Waals surface area contributed by atoms with Crippen LogP contribution < -0.4 is 5.73 Å². The first-order chi connectivity index (χ1) is 8.14. The fraction of sp³-hybridized carbons (Fsp3) is 1.00. The summed E-state index contributed by atoms with van der Waals surface area (Å²) in [6.45, 7) is 7.93. The van der Waals surface area contributed by atoms with E-state index in [9.17, 15) is 5.11 Å². The van der Waals surface area contributed by atoms with Crippen molar-refractivity contribution in [1.29, 1.82) is 0 Å². The number of aliphatic hydroxyl groups excluding tert-OH is 1. The Kier molecular flexibility index (Phi) is 10.00. The number of aliphatic hydroxyl groups is 1. The third-order valence-electron chi connectivity index (χ3n) is 2.32. The second-order valence-corrected chi connectivity index (χ2v) is 6.41. The molecular formula is C11H27NO4Si. The van der Waals surface area contributed by atoms with Gasteiger partial charge in [0.15, 0.2) is 0 Å². The van der Waals surface area contributed by atoms with Crippen molar-refractivity contribution in [3.8, 4) is 0 Å². The molecule has 0 saturated carbocycles. The minimum absolute atomic E-state index is 0.447. The Bertz CT molecular complexity index is 166. The lowest BCUT2D eigenvalue weighted by molar-refractivity contribution is 0.0543. The summed E-state index contributed by atoms with van der Waals surface area (Å²) in [4.78, 5) is 0. The molecule has 1 atom stereocenters. The Morgan fingerprint density at radius 2 is 1.53 bits per heavy atom. The van der Waals surface area contributed by atoms with Crippen LogP contribution in [-0.4, -0.2) is 46.4 Å². The molecule has 0 amide bonds. The number of rotatable bonds is 11. The van der Waals surface area contributed by atoms with Gasteiger partial charge in [0.05, 0.1) is 6.10 Å². The molecule has 5 nitrogen and oxygen atoms in total. The lowest BCUT2D eigenvalue weighted by atomic mass is 10.2. The SMILES string of the molecule is CCO[Si](CC(O)CCCN)(OCC)OCC.